The third-order valence-corrected chi connectivity index (χ3v) is 4.52. The summed E-state index contributed by atoms with van der Waals surface area (Å²) in [5.74, 6) is 1.37. The van der Waals surface area contributed by atoms with Crippen LogP contribution in [-0.4, -0.2) is 18.3 Å². The topological polar surface area (TPSA) is 26.0 Å². The Morgan fingerprint density at radius 2 is 1.74 bits per heavy atom. The number of nitrogens with two attached hydrogens (primary N) is 1. The van der Waals surface area contributed by atoms with Crippen molar-refractivity contribution in [3.05, 3.63) is 60.2 Å². The third kappa shape index (κ3) is 3.89. The highest BCUT2D eigenvalue weighted by Crippen LogP contribution is 2.09. The largest absolute Gasteiger partial charge is 0.330 e. The van der Waals surface area contributed by atoms with Crippen LogP contribution in [0, 0.1) is 0 Å². The van der Waals surface area contributed by atoms with Gasteiger partial charge in [0, 0.05) is 6.54 Å². The molecule has 1 nitrogen and oxygen atoms in total. The van der Waals surface area contributed by atoms with Crippen molar-refractivity contribution in [2.24, 2.45) is 5.73 Å². The first-order valence-electron chi connectivity index (χ1n) is 6.80. The highest BCUT2D eigenvalue weighted by Gasteiger charge is 2.19. The molecule has 0 aliphatic heterocycles. The second-order valence-corrected chi connectivity index (χ2v) is 5.76. The summed E-state index contributed by atoms with van der Waals surface area (Å²) in [5.41, 5.74) is 9.80. The van der Waals surface area contributed by atoms with E-state index in [4.69, 9.17) is 5.73 Å². The molecule has 0 aliphatic carbocycles. The molecule has 2 rings (SSSR count). The average molecular weight is 269 g/mol. The molecule has 0 fully saturated rings. The molecular weight excluding hydrogens is 249 g/mol. The Labute approximate surface area is 120 Å². The van der Waals surface area contributed by atoms with E-state index in [-0.39, 0.29) is 0 Å². The Kier molecular flexibility index (Phi) is 5.55. The normalized spacial score (nSPS) is 10.4. The van der Waals surface area contributed by atoms with Gasteiger partial charge >= 0.3 is 0 Å². The summed E-state index contributed by atoms with van der Waals surface area (Å²) in [5, 5.41) is 0. The maximum atomic E-state index is 5.67. The van der Waals surface area contributed by atoms with Gasteiger partial charge in [0.1, 0.15) is 0 Å². The monoisotopic (exact) mass is 269 g/mol. The molecule has 2 N–H and O–H groups in total. The smallest absolute Gasteiger partial charge is 0.274 e. The molecule has 19 heavy (non-hydrogen) atoms. The molecule has 0 spiro atoms. The average Bonchev–Trinajstić information content (AvgIpc) is 2.49. The van der Waals surface area contributed by atoms with Gasteiger partial charge in [-0.15, -0.1) is 0 Å². The lowest BCUT2D eigenvalue weighted by molar-refractivity contribution is 1.14. The minimum Gasteiger partial charge on any atom is -0.330 e. The molecule has 0 aliphatic rings. The zero-order valence-electron chi connectivity index (χ0n) is 11.4. The number of hydrogen-bond acceptors (Lipinski definition) is 2. The molecule has 98 valence electrons. The minimum atomic E-state index is 0.385. The van der Waals surface area contributed by atoms with E-state index in [1.165, 1.54) is 16.5 Å². The van der Waals surface area contributed by atoms with Crippen LogP contribution in [0.3, 0.4) is 0 Å². The van der Waals surface area contributed by atoms with Gasteiger partial charge in [-0.3, -0.25) is 0 Å². The maximum Gasteiger partial charge on any atom is 0.274 e. The number of rotatable bonds is 6. The zero-order valence-corrected chi connectivity index (χ0v) is 12.2. The molecule has 0 amide bonds. The summed E-state index contributed by atoms with van der Waals surface area (Å²) < 4.78 is 0. The predicted octanol–water partition coefficient (Wildman–Crippen LogP) is 2.05. The van der Waals surface area contributed by atoms with Crippen LogP contribution >= 0.6 is 11.6 Å². The predicted molar refractivity (Wildman–Crippen MR) is 88.8 cm³/mol. The van der Waals surface area contributed by atoms with E-state index in [0.29, 0.717) is 5.99 Å². The zero-order chi connectivity index (χ0) is 13.5. The highest BCUT2D eigenvalue weighted by atomic mass is 32.2. The summed E-state index contributed by atoms with van der Waals surface area (Å²) in [6.07, 6.45) is 1.08. The van der Waals surface area contributed by atoms with E-state index >= 15 is 0 Å². The number of aryl methyl sites for hydroxylation is 1. The quantitative estimate of drug-likeness (QED) is 0.812. The van der Waals surface area contributed by atoms with Crippen LogP contribution in [0.25, 0.3) is 0 Å². The molecule has 0 heterocycles. The van der Waals surface area contributed by atoms with Crippen LogP contribution in [0.15, 0.2) is 54.6 Å². The van der Waals surface area contributed by atoms with Gasteiger partial charge < -0.3 is 5.73 Å². The van der Waals surface area contributed by atoms with Crippen molar-refractivity contribution in [1.82, 2.24) is 0 Å². The molecule has 3 heteroatoms. The van der Waals surface area contributed by atoms with E-state index < -0.39 is 0 Å². The maximum absolute atomic E-state index is 5.67. The summed E-state index contributed by atoms with van der Waals surface area (Å²) in [6.45, 7) is 2.92. The van der Waals surface area contributed by atoms with Gasteiger partial charge in [-0.05, 0) is 17.7 Å². The first kappa shape index (κ1) is 14.2. The van der Waals surface area contributed by atoms with Crippen molar-refractivity contribution in [3.63, 3.8) is 0 Å². The molecule has 0 unspecified atom stereocenters. The van der Waals surface area contributed by atoms with Gasteiger partial charge in [-0.1, -0.05) is 72.4 Å². The van der Waals surface area contributed by atoms with Crippen molar-refractivity contribution in [2.75, 3.05) is 12.3 Å². The van der Waals surface area contributed by atoms with Gasteiger partial charge in [0.05, 0.1) is 0 Å². The molecule has 0 saturated heterocycles. The summed E-state index contributed by atoms with van der Waals surface area (Å²) >= 11 is 1.92. The Morgan fingerprint density at radius 1 is 1.00 bits per heavy atom. The molecule has 2 aromatic carbocycles. The number of hydrogen-bond donors (Lipinski definition) is 1. The fourth-order valence-electron chi connectivity index (χ4n) is 2.17. The van der Waals surface area contributed by atoms with Gasteiger partial charge in [0.15, 0.2) is 0 Å². The van der Waals surface area contributed by atoms with E-state index in [1.54, 1.807) is 0 Å². The van der Waals surface area contributed by atoms with Gasteiger partial charge in [0.2, 0.25) is 0 Å². The molecule has 2 aromatic rings. The van der Waals surface area contributed by atoms with E-state index in [9.17, 15) is 0 Å². The second kappa shape index (κ2) is 7.42. The Morgan fingerprint density at radius 3 is 2.42 bits per heavy atom. The van der Waals surface area contributed by atoms with Crippen LogP contribution in [0.1, 0.15) is 12.5 Å². The van der Waals surface area contributed by atoms with Crippen LogP contribution in [-0.2, 0) is 6.42 Å². The van der Waals surface area contributed by atoms with E-state index in [0.717, 1.165) is 18.7 Å². The standard InChI is InChI=1S/C16H20BNS/c1-2-14-7-6-10-16(13-14)17(19-12-11-18)15-8-4-3-5-9-15/h3-10,13H,2,11-12,18H2,1H3. The van der Waals surface area contributed by atoms with Crippen LogP contribution < -0.4 is 16.7 Å². The van der Waals surface area contributed by atoms with E-state index in [1.807, 2.05) is 11.6 Å². The Hall–Kier alpha value is -1.19. The molecule has 0 bridgehead atoms. The van der Waals surface area contributed by atoms with Crippen molar-refractivity contribution in [1.29, 1.82) is 0 Å². The lowest BCUT2D eigenvalue weighted by Gasteiger charge is -2.14. The van der Waals surface area contributed by atoms with Crippen molar-refractivity contribution < 1.29 is 0 Å². The van der Waals surface area contributed by atoms with Crippen molar-refractivity contribution in [3.8, 4) is 0 Å². The first-order valence-corrected chi connectivity index (χ1v) is 7.85. The van der Waals surface area contributed by atoms with Gasteiger partial charge in [-0.25, -0.2) is 0 Å². The summed E-state index contributed by atoms with van der Waals surface area (Å²) in [7, 11) is 0. The number of benzene rings is 2. The summed E-state index contributed by atoms with van der Waals surface area (Å²) in [6, 6.07) is 19.6. The molecule has 0 aromatic heterocycles. The minimum absolute atomic E-state index is 0.385. The molecule has 0 saturated carbocycles. The van der Waals surface area contributed by atoms with Crippen LogP contribution in [0.5, 0.6) is 0 Å². The first-order chi connectivity index (χ1) is 9.35. The molecule has 0 radical (unpaired) electrons. The lowest BCUT2D eigenvalue weighted by Crippen LogP contribution is -2.40. The van der Waals surface area contributed by atoms with Crippen molar-refractivity contribution in [2.45, 2.75) is 13.3 Å². The highest BCUT2D eigenvalue weighted by molar-refractivity contribution is 8.28. The lowest BCUT2D eigenvalue weighted by atomic mass is 9.61. The molecule has 0 atom stereocenters. The van der Waals surface area contributed by atoms with Gasteiger partial charge in [-0.2, -0.15) is 11.6 Å². The van der Waals surface area contributed by atoms with Gasteiger partial charge in [0.25, 0.3) is 5.99 Å². The Bertz CT molecular complexity index is 501. The van der Waals surface area contributed by atoms with Crippen LogP contribution in [0.4, 0.5) is 0 Å². The molecular formula is C16H20BNS. The van der Waals surface area contributed by atoms with Crippen molar-refractivity contribution >= 4 is 28.5 Å². The fourth-order valence-corrected chi connectivity index (χ4v) is 3.24. The second-order valence-electron chi connectivity index (χ2n) is 4.55. The van der Waals surface area contributed by atoms with Crippen LogP contribution in [0.2, 0.25) is 0 Å². The fraction of sp³-hybridized carbons (Fsp3) is 0.250. The van der Waals surface area contributed by atoms with E-state index in [2.05, 4.69) is 61.5 Å². The Balaban J connectivity index is 2.31. The summed E-state index contributed by atoms with van der Waals surface area (Å²) in [4.78, 5) is 0. The SMILES string of the molecule is CCc1cccc(B(SCCN)c2ccccc2)c1. The third-order valence-electron chi connectivity index (χ3n) is 3.17.